The fourth-order valence-corrected chi connectivity index (χ4v) is 13.3. The third kappa shape index (κ3) is 7.20. The smallest absolute Gasteiger partial charge is 0.187 e. The molecular formula is C42H72O13. The second kappa shape index (κ2) is 15.7. The van der Waals surface area contributed by atoms with E-state index >= 15 is 0 Å². The van der Waals surface area contributed by atoms with Gasteiger partial charge in [0.25, 0.3) is 0 Å². The van der Waals surface area contributed by atoms with Gasteiger partial charge in [0.1, 0.15) is 48.8 Å². The summed E-state index contributed by atoms with van der Waals surface area (Å²) in [5.41, 5.74) is -0.405. The fraction of sp³-hybridized carbons (Fsp3) is 0.952. The van der Waals surface area contributed by atoms with Crippen molar-refractivity contribution in [1.82, 2.24) is 0 Å². The van der Waals surface area contributed by atoms with E-state index < -0.39 is 97.8 Å². The number of aliphatic hydroxyl groups is 9. The minimum atomic E-state index is -1.75. The van der Waals surface area contributed by atoms with Gasteiger partial charge in [0.2, 0.25) is 0 Å². The van der Waals surface area contributed by atoms with E-state index in [-0.39, 0.29) is 39.9 Å². The second-order valence-corrected chi connectivity index (χ2v) is 20.1. The lowest BCUT2D eigenvalue weighted by molar-refractivity contribution is -0.378. The number of hydrogen-bond donors (Lipinski definition) is 9. The standard InChI is InChI=1S/C42H72O13/c1-21(2)10-9-14-42(8,51)22-11-16-41(7)29(22)23(45)18-27-39(5)15-13-28(38(3,4)26(39)12-17-40(27,41)6)54-37-35(33(49)31(47)25(20-44)53-37)55-36-34(50)32(48)30(46)24(19-43)52-36/h10,22-37,43-51H,9,11-20H2,1-8H3/t22-,23-,24-,25-,26+,27+,28+,29+,30-,31-,32+,33+,34-,35-,36+,37+,39+,40-,41-,42+/m1/s1. The molecule has 0 aromatic rings. The average molecular weight is 785 g/mol. The Balaban J connectivity index is 1.23. The number of aliphatic hydroxyl groups excluding tert-OH is 8. The number of fused-ring (bicyclic) bond motifs is 5. The molecule has 0 radical (unpaired) electrons. The molecule has 0 aromatic heterocycles. The topological polar surface area (TPSA) is 219 Å². The molecule has 2 aliphatic heterocycles. The van der Waals surface area contributed by atoms with Crippen LogP contribution in [0.1, 0.15) is 113 Å². The first-order valence-electron chi connectivity index (χ1n) is 20.9. The molecule has 4 aliphatic carbocycles. The molecule has 318 valence electrons. The first kappa shape index (κ1) is 43.8. The zero-order valence-electron chi connectivity index (χ0n) is 34.3. The molecular weight excluding hydrogens is 712 g/mol. The molecule has 0 bridgehead atoms. The van der Waals surface area contributed by atoms with Gasteiger partial charge in [-0.1, -0.05) is 46.3 Å². The molecule has 0 unspecified atom stereocenters. The van der Waals surface area contributed by atoms with Crippen LogP contribution in [0.5, 0.6) is 0 Å². The Morgan fingerprint density at radius 3 is 1.95 bits per heavy atom. The molecule has 6 aliphatic rings. The monoisotopic (exact) mass is 784 g/mol. The van der Waals surface area contributed by atoms with Gasteiger partial charge in [-0.15, -0.1) is 0 Å². The van der Waals surface area contributed by atoms with Crippen LogP contribution in [0.4, 0.5) is 0 Å². The molecule has 2 heterocycles. The van der Waals surface area contributed by atoms with Gasteiger partial charge >= 0.3 is 0 Å². The van der Waals surface area contributed by atoms with E-state index in [1.54, 1.807) is 0 Å². The molecule has 6 fully saturated rings. The van der Waals surface area contributed by atoms with Crippen molar-refractivity contribution < 1.29 is 64.9 Å². The van der Waals surface area contributed by atoms with E-state index in [9.17, 15) is 46.0 Å². The van der Waals surface area contributed by atoms with Crippen LogP contribution in [-0.4, -0.2) is 138 Å². The van der Waals surface area contributed by atoms with Crippen LogP contribution in [0.25, 0.3) is 0 Å². The molecule has 6 rings (SSSR count). The van der Waals surface area contributed by atoms with Crippen molar-refractivity contribution in [3.63, 3.8) is 0 Å². The Bertz CT molecular complexity index is 1370. The van der Waals surface area contributed by atoms with Crippen LogP contribution < -0.4 is 0 Å². The van der Waals surface area contributed by atoms with Gasteiger partial charge in [0.05, 0.1) is 31.0 Å². The predicted octanol–water partition coefficient (Wildman–Crippen LogP) is 2.15. The Kier molecular flexibility index (Phi) is 12.5. The SMILES string of the molecule is CC(C)=CCC[C@](C)(O)[C@@H]1CC[C@]2(C)[C@@H]1[C@H](O)C[C@H]1[C@@]3(C)CC[C@H](O[C@@H]4O[C@H](CO)[C@@H](O)[C@H](O)[C@H]4O[C@@H]4O[C@H](CO)[C@@H](O)[C@H](O)[C@H]4O)C(C)(C)[C@@H]3CC[C@]12C. The van der Waals surface area contributed by atoms with E-state index in [2.05, 4.69) is 54.5 Å². The number of rotatable bonds is 10. The lowest BCUT2D eigenvalue weighted by atomic mass is 9.35. The molecule has 9 N–H and O–H groups in total. The summed E-state index contributed by atoms with van der Waals surface area (Å²) in [5, 5.41) is 97.4. The second-order valence-electron chi connectivity index (χ2n) is 20.1. The normalized spacial score (nSPS) is 52.0. The molecule has 2 saturated heterocycles. The highest BCUT2D eigenvalue weighted by molar-refractivity contribution is 5.20. The van der Waals surface area contributed by atoms with Crippen LogP contribution >= 0.6 is 0 Å². The van der Waals surface area contributed by atoms with Crippen LogP contribution in [0.2, 0.25) is 0 Å². The maximum absolute atomic E-state index is 12.2. The van der Waals surface area contributed by atoms with Crippen LogP contribution in [0.3, 0.4) is 0 Å². The van der Waals surface area contributed by atoms with Gasteiger partial charge in [0.15, 0.2) is 12.6 Å². The molecule has 0 spiro atoms. The van der Waals surface area contributed by atoms with Gasteiger partial charge in [0, 0.05) is 0 Å². The third-order valence-corrected chi connectivity index (χ3v) is 16.6. The molecule has 0 aromatic carbocycles. The largest absolute Gasteiger partial charge is 0.394 e. The molecule has 13 heteroatoms. The summed E-state index contributed by atoms with van der Waals surface area (Å²) in [4.78, 5) is 0. The number of ether oxygens (including phenoxy) is 4. The van der Waals surface area contributed by atoms with Crippen molar-refractivity contribution in [2.75, 3.05) is 13.2 Å². The minimum Gasteiger partial charge on any atom is -0.394 e. The van der Waals surface area contributed by atoms with Crippen molar-refractivity contribution in [3.8, 4) is 0 Å². The van der Waals surface area contributed by atoms with Gasteiger partial charge in [-0.25, -0.2) is 0 Å². The van der Waals surface area contributed by atoms with Gasteiger partial charge in [-0.3, -0.25) is 0 Å². The summed E-state index contributed by atoms with van der Waals surface area (Å²) in [7, 11) is 0. The number of allylic oxidation sites excluding steroid dienone is 2. The summed E-state index contributed by atoms with van der Waals surface area (Å²) in [6, 6.07) is 0. The zero-order valence-corrected chi connectivity index (χ0v) is 34.3. The Labute approximate surface area is 327 Å². The predicted molar refractivity (Wildman–Crippen MR) is 201 cm³/mol. The fourth-order valence-electron chi connectivity index (χ4n) is 13.3. The van der Waals surface area contributed by atoms with Crippen molar-refractivity contribution in [2.45, 2.75) is 192 Å². The third-order valence-electron chi connectivity index (χ3n) is 16.6. The van der Waals surface area contributed by atoms with Crippen LogP contribution in [0.15, 0.2) is 11.6 Å². The van der Waals surface area contributed by atoms with Gasteiger partial charge in [-0.2, -0.15) is 0 Å². The molecule has 0 amide bonds. The summed E-state index contributed by atoms with van der Waals surface area (Å²) in [6.07, 6.45) is -6.48. The van der Waals surface area contributed by atoms with E-state index in [0.29, 0.717) is 19.3 Å². The van der Waals surface area contributed by atoms with E-state index in [0.717, 1.165) is 38.5 Å². The first-order valence-corrected chi connectivity index (χ1v) is 20.9. The van der Waals surface area contributed by atoms with Crippen molar-refractivity contribution in [3.05, 3.63) is 11.6 Å². The van der Waals surface area contributed by atoms with E-state index in [4.69, 9.17) is 18.9 Å². The Morgan fingerprint density at radius 2 is 1.33 bits per heavy atom. The van der Waals surface area contributed by atoms with Gasteiger partial charge in [-0.05, 0) is 124 Å². The molecule has 4 saturated carbocycles. The minimum absolute atomic E-state index is 0.00798. The maximum atomic E-state index is 12.2. The quantitative estimate of drug-likeness (QED) is 0.115. The zero-order chi connectivity index (χ0) is 40.6. The number of hydrogen-bond acceptors (Lipinski definition) is 13. The Hall–Kier alpha value is -0.780. The highest BCUT2D eigenvalue weighted by Crippen LogP contribution is 2.76. The molecule has 55 heavy (non-hydrogen) atoms. The summed E-state index contributed by atoms with van der Waals surface area (Å²) in [6.45, 7) is 16.5. The lowest BCUT2D eigenvalue weighted by Gasteiger charge is -2.70. The first-order chi connectivity index (χ1) is 25.6. The molecule has 20 atom stereocenters. The van der Waals surface area contributed by atoms with Crippen molar-refractivity contribution in [2.24, 2.45) is 45.3 Å². The van der Waals surface area contributed by atoms with Gasteiger partial charge < -0.3 is 64.9 Å². The van der Waals surface area contributed by atoms with Crippen LogP contribution in [-0.2, 0) is 18.9 Å². The summed E-state index contributed by atoms with van der Waals surface area (Å²) >= 11 is 0. The highest BCUT2D eigenvalue weighted by atomic mass is 16.8. The Morgan fingerprint density at radius 1 is 0.727 bits per heavy atom. The van der Waals surface area contributed by atoms with Crippen molar-refractivity contribution in [1.29, 1.82) is 0 Å². The van der Waals surface area contributed by atoms with E-state index in [1.165, 1.54) is 5.57 Å². The van der Waals surface area contributed by atoms with E-state index in [1.807, 2.05) is 6.92 Å². The lowest BCUT2D eigenvalue weighted by Crippen LogP contribution is -2.68. The average Bonchev–Trinajstić information content (AvgIpc) is 3.50. The van der Waals surface area contributed by atoms with Crippen LogP contribution in [0, 0.1) is 45.3 Å². The molecule has 13 nitrogen and oxygen atoms in total. The summed E-state index contributed by atoms with van der Waals surface area (Å²) in [5.74, 6) is 0.445. The highest BCUT2D eigenvalue weighted by Gasteiger charge is 2.71. The van der Waals surface area contributed by atoms with Crippen molar-refractivity contribution >= 4 is 0 Å². The maximum Gasteiger partial charge on any atom is 0.187 e. The summed E-state index contributed by atoms with van der Waals surface area (Å²) < 4.78 is 24.4.